The van der Waals surface area contributed by atoms with Crippen LogP contribution in [0.3, 0.4) is 0 Å². The Morgan fingerprint density at radius 1 is 1.08 bits per heavy atom. The first-order chi connectivity index (χ1) is 18.7. The second-order valence-electron chi connectivity index (χ2n) is 9.89. The quantitative estimate of drug-likeness (QED) is 0.292. The van der Waals surface area contributed by atoms with Gasteiger partial charge < -0.3 is 20.0 Å². The average molecular weight is 573 g/mol. The number of carbonyl (C=O) groups excluding carboxylic acids is 2. The van der Waals surface area contributed by atoms with E-state index in [0.717, 1.165) is 31.6 Å². The summed E-state index contributed by atoms with van der Waals surface area (Å²) >= 11 is 12.1. The fraction of sp³-hybridized carbons (Fsp3) is 0.444. The third-order valence-corrected chi connectivity index (χ3v) is 7.78. The Bertz CT molecular complexity index is 1260. The number of piperazine rings is 1. The molecule has 0 unspecified atom stereocenters. The Labute approximate surface area is 238 Å². The number of rotatable bonds is 6. The number of nitrogens with zero attached hydrogens (tertiary/aromatic N) is 4. The highest BCUT2D eigenvalue weighted by Crippen LogP contribution is 2.35. The summed E-state index contributed by atoms with van der Waals surface area (Å²) in [5.41, 5.74) is 2.04. The number of non-ortho nitro benzene ring substituents is 1. The van der Waals surface area contributed by atoms with Crippen molar-refractivity contribution in [3.05, 3.63) is 57.1 Å². The highest BCUT2D eigenvalue weighted by atomic mass is 35.5. The summed E-state index contributed by atoms with van der Waals surface area (Å²) in [6, 6.07) is 9.74. The molecule has 2 amide bonds. The van der Waals surface area contributed by atoms with Crippen molar-refractivity contribution in [3.8, 4) is 0 Å². The predicted molar refractivity (Wildman–Crippen MR) is 158 cm³/mol. The SMILES string of the molecule is CCC(=O)N1CCN(c2c(Cl)cccc2NC(=S)NC(=O)c2cc([N+](=O)[O-])ccc2N2CCC(C)CC2)CC1. The van der Waals surface area contributed by atoms with E-state index in [1.165, 1.54) is 12.1 Å². The number of nitrogens with one attached hydrogen (secondary N) is 2. The lowest BCUT2D eigenvalue weighted by Gasteiger charge is -2.37. The molecule has 2 saturated heterocycles. The van der Waals surface area contributed by atoms with Gasteiger partial charge in [0.05, 0.1) is 32.6 Å². The van der Waals surface area contributed by atoms with E-state index in [1.54, 1.807) is 18.2 Å². The molecule has 12 heteroatoms. The second kappa shape index (κ2) is 12.6. The molecule has 2 aromatic carbocycles. The van der Waals surface area contributed by atoms with Crippen LogP contribution in [-0.4, -0.2) is 66.0 Å². The highest BCUT2D eigenvalue weighted by molar-refractivity contribution is 7.80. The van der Waals surface area contributed by atoms with Gasteiger partial charge in [-0.25, -0.2) is 0 Å². The summed E-state index contributed by atoms with van der Waals surface area (Å²) in [7, 11) is 0. The van der Waals surface area contributed by atoms with E-state index in [-0.39, 0.29) is 22.3 Å². The summed E-state index contributed by atoms with van der Waals surface area (Å²) in [5, 5.41) is 17.8. The van der Waals surface area contributed by atoms with Gasteiger partial charge >= 0.3 is 0 Å². The molecule has 2 fully saturated rings. The van der Waals surface area contributed by atoms with Crippen molar-refractivity contribution in [2.75, 3.05) is 54.4 Å². The number of halogens is 1. The third-order valence-electron chi connectivity index (χ3n) is 7.27. The first kappa shape index (κ1) is 28.6. The zero-order valence-corrected chi connectivity index (χ0v) is 23.7. The number of nitro benzene ring substituents is 1. The minimum Gasteiger partial charge on any atom is -0.371 e. The number of hydrogen-bond donors (Lipinski definition) is 2. The Morgan fingerprint density at radius 3 is 2.41 bits per heavy atom. The van der Waals surface area contributed by atoms with E-state index >= 15 is 0 Å². The standard InChI is InChI=1S/C27H33ClN6O4S/c1-3-24(35)32-13-15-33(16-14-32)25-21(28)5-4-6-22(25)29-27(39)30-26(36)20-17-19(34(37)38)7-8-23(20)31-11-9-18(2)10-12-31/h4-8,17-18H,3,9-16H2,1-2H3,(H2,29,30,36,39). The molecule has 0 radical (unpaired) electrons. The molecule has 2 aliphatic heterocycles. The molecule has 0 aliphatic carbocycles. The molecule has 0 aromatic heterocycles. The molecule has 2 heterocycles. The second-order valence-corrected chi connectivity index (χ2v) is 10.7. The topological polar surface area (TPSA) is 111 Å². The maximum Gasteiger partial charge on any atom is 0.270 e. The van der Waals surface area contributed by atoms with Gasteiger partial charge in [-0.3, -0.25) is 25.0 Å². The van der Waals surface area contributed by atoms with E-state index in [2.05, 4.69) is 27.4 Å². The fourth-order valence-electron chi connectivity index (χ4n) is 5.01. The molecule has 0 atom stereocenters. The van der Waals surface area contributed by atoms with Crippen molar-refractivity contribution >= 4 is 63.5 Å². The molecule has 0 saturated carbocycles. The molecule has 39 heavy (non-hydrogen) atoms. The van der Waals surface area contributed by atoms with Crippen LogP contribution in [0.2, 0.25) is 5.02 Å². The van der Waals surface area contributed by atoms with Gasteiger partial charge in [-0.15, -0.1) is 0 Å². The van der Waals surface area contributed by atoms with Crippen LogP contribution in [0.5, 0.6) is 0 Å². The minimum absolute atomic E-state index is 0.0491. The Hall–Kier alpha value is -3.44. The molecule has 4 rings (SSSR count). The molecule has 2 N–H and O–H groups in total. The first-order valence-corrected chi connectivity index (χ1v) is 13.9. The van der Waals surface area contributed by atoms with Gasteiger partial charge in [0.15, 0.2) is 5.11 Å². The van der Waals surface area contributed by atoms with Crippen LogP contribution < -0.4 is 20.4 Å². The molecule has 2 aromatic rings. The van der Waals surface area contributed by atoms with E-state index in [4.69, 9.17) is 23.8 Å². The van der Waals surface area contributed by atoms with Gasteiger partial charge in [-0.05, 0) is 49.2 Å². The third kappa shape index (κ3) is 6.77. The van der Waals surface area contributed by atoms with E-state index < -0.39 is 10.8 Å². The normalized spacial score (nSPS) is 16.1. The monoisotopic (exact) mass is 572 g/mol. The number of hydrogen-bond acceptors (Lipinski definition) is 7. The lowest BCUT2D eigenvalue weighted by atomic mass is 9.98. The molecule has 2 aliphatic rings. The van der Waals surface area contributed by atoms with Crippen molar-refractivity contribution in [3.63, 3.8) is 0 Å². The summed E-state index contributed by atoms with van der Waals surface area (Å²) in [5.74, 6) is 0.186. The molecule has 0 bridgehead atoms. The van der Waals surface area contributed by atoms with Gasteiger partial charge in [-0.1, -0.05) is 31.5 Å². The van der Waals surface area contributed by atoms with Crippen molar-refractivity contribution in [2.45, 2.75) is 33.1 Å². The number of piperidine rings is 1. The Kier molecular flexibility index (Phi) is 9.24. The lowest BCUT2D eigenvalue weighted by molar-refractivity contribution is -0.384. The Morgan fingerprint density at radius 2 is 1.77 bits per heavy atom. The molecule has 10 nitrogen and oxygen atoms in total. The maximum atomic E-state index is 13.4. The van der Waals surface area contributed by atoms with Crippen LogP contribution in [-0.2, 0) is 4.79 Å². The number of benzene rings is 2. The van der Waals surface area contributed by atoms with Gasteiger partial charge in [-0.2, -0.15) is 0 Å². The highest BCUT2D eigenvalue weighted by Gasteiger charge is 2.26. The largest absolute Gasteiger partial charge is 0.371 e. The van der Waals surface area contributed by atoms with Crippen LogP contribution in [0.25, 0.3) is 0 Å². The minimum atomic E-state index is -0.528. The van der Waals surface area contributed by atoms with Crippen LogP contribution >= 0.6 is 23.8 Å². The molecule has 0 spiro atoms. The average Bonchev–Trinajstić information content (AvgIpc) is 2.93. The van der Waals surface area contributed by atoms with Crippen molar-refractivity contribution in [1.29, 1.82) is 0 Å². The zero-order chi connectivity index (χ0) is 28.1. The van der Waals surface area contributed by atoms with Crippen molar-refractivity contribution < 1.29 is 14.5 Å². The summed E-state index contributed by atoms with van der Waals surface area (Å²) in [6.45, 7) is 7.97. The van der Waals surface area contributed by atoms with Crippen LogP contribution in [0.1, 0.15) is 43.5 Å². The molecule has 208 valence electrons. The van der Waals surface area contributed by atoms with Gasteiger partial charge in [0.1, 0.15) is 0 Å². The number of thiocarbonyl (C=S) groups is 1. The maximum absolute atomic E-state index is 13.4. The van der Waals surface area contributed by atoms with E-state index in [0.29, 0.717) is 54.9 Å². The van der Waals surface area contributed by atoms with Gasteiger partial charge in [0.2, 0.25) is 5.91 Å². The summed E-state index contributed by atoms with van der Waals surface area (Å²) in [6.07, 6.45) is 2.43. The predicted octanol–water partition coefficient (Wildman–Crippen LogP) is 4.67. The van der Waals surface area contributed by atoms with E-state index in [9.17, 15) is 19.7 Å². The van der Waals surface area contributed by atoms with Crippen LogP contribution in [0.15, 0.2) is 36.4 Å². The summed E-state index contributed by atoms with van der Waals surface area (Å²) in [4.78, 5) is 42.4. The van der Waals surface area contributed by atoms with Gasteiger partial charge in [0.25, 0.3) is 11.6 Å². The smallest absolute Gasteiger partial charge is 0.270 e. The van der Waals surface area contributed by atoms with E-state index in [1.807, 2.05) is 17.9 Å². The number of amides is 2. The molecular weight excluding hydrogens is 540 g/mol. The number of para-hydroxylation sites is 1. The number of anilines is 3. The van der Waals surface area contributed by atoms with Gasteiger partial charge in [0, 0.05) is 57.8 Å². The molecular formula is C27H33ClN6O4S. The first-order valence-electron chi connectivity index (χ1n) is 13.1. The number of carbonyl (C=O) groups is 2. The summed E-state index contributed by atoms with van der Waals surface area (Å²) < 4.78 is 0. The van der Waals surface area contributed by atoms with Crippen LogP contribution in [0.4, 0.5) is 22.7 Å². The Balaban J connectivity index is 1.50. The van der Waals surface area contributed by atoms with Crippen molar-refractivity contribution in [2.24, 2.45) is 5.92 Å². The fourth-order valence-corrected chi connectivity index (χ4v) is 5.51. The number of nitro groups is 1. The zero-order valence-electron chi connectivity index (χ0n) is 22.1. The van der Waals surface area contributed by atoms with Crippen LogP contribution in [0, 0.1) is 16.0 Å². The lowest BCUT2D eigenvalue weighted by Crippen LogP contribution is -2.49. The van der Waals surface area contributed by atoms with Crippen molar-refractivity contribution in [1.82, 2.24) is 10.2 Å².